The van der Waals surface area contributed by atoms with Crippen LogP contribution in [-0.2, 0) is 16.0 Å². The molecule has 0 aliphatic carbocycles. The van der Waals surface area contributed by atoms with Crippen LogP contribution < -0.4 is 20.1 Å². The number of carbonyl (C=O) groups is 3. The smallest absolute Gasteiger partial charge is 0.340 e. The summed E-state index contributed by atoms with van der Waals surface area (Å²) >= 11 is 0. The second kappa shape index (κ2) is 11.4. The number of anilines is 1. The first-order valence-electron chi connectivity index (χ1n) is 10.1. The third-order valence-electron chi connectivity index (χ3n) is 4.65. The molecule has 0 saturated heterocycles. The van der Waals surface area contributed by atoms with Crippen LogP contribution in [0.25, 0.3) is 0 Å². The van der Waals surface area contributed by atoms with Gasteiger partial charge in [-0.1, -0.05) is 30.3 Å². The number of hydrogen-bond acceptors (Lipinski definition) is 7. The normalized spacial score (nSPS) is 10.2. The molecule has 172 valence electrons. The molecule has 1 aromatic heterocycles. The van der Waals surface area contributed by atoms with Gasteiger partial charge in [0.2, 0.25) is 0 Å². The van der Waals surface area contributed by atoms with Gasteiger partial charge in [0.15, 0.2) is 23.9 Å². The highest BCUT2D eigenvalue weighted by molar-refractivity contribution is 6.07. The summed E-state index contributed by atoms with van der Waals surface area (Å²) in [5.41, 5.74) is 1.19. The Morgan fingerprint density at radius 2 is 1.67 bits per heavy atom. The highest BCUT2D eigenvalue weighted by Crippen LogP contribution is 2.34. The molecule has 2 aromatic carbocycles. The molecule has 9 heteroatoms. The van der Waals surface area contributed by atoms with Crippen molar-refractivity contribution in [1.82, 2.24) is 5.32 Å². The van der Waals surface area contributed by atoms with E-state index >= 15 is 0 Å². The van der Waals surface area contributed by atoms with E-state index in [9.17, 15) is 14.4 Å². The Bertz CT molecular complexity index is 1100. The van der Waals surface area contributed by atoms with Gasteiger partial charge < -0.3 is 29.3 Å². The molecule has 2 N–H and O–H groups in total. The minimum Gasteiger partial charge on any atom is -0.493 e. The topological polar surface area (TPSA) is 116 Å². The van der Waals surface area contributed by atoms with E-state index in [1.165, 1.54) is 38.7 Å². The van der Waals surface area contributed by atoms with Crippen LogP contribution in [0.15, 0.2) is 65.3 Å². The number of ether oxygens (including phenoxy) is 3. The van der Waals surface area contributed by atoms with E-state index < -0.39 is 24.4 Å². The molecule has 0 fully saturated rings. The van der Waals surface area contributed by atoms with Crippen LogP contribution >= 0.6 is 0 Å². The lowest BCUT2D eigenvalue weighted by molar-refractivity contribution is -0.124. The zero-order chi connectivity index (χ0) is 23.6. The van der Waals surface area contributed by atoms with Gasteiger partial charge in [0.05, 0.1) is 31.7 Å². The van der Waals surface area contributed by atoms with Crippen molar-refractivity contribution in [3.05, 3.63) is 77.7 Å². The number of nitrogens with one attached hydrogen (secondary N) is 2. The predicted octanol–water partition coefficient (Wildman–Crippen LogP) is 3.06. The van der Waals surface area contributed by atoms with Crippen LogP contribution in [0.3, 0.4) is 0 Å². The van der Waals surface area contributed by atoms with Crippen LogP contribution in [0.4, 0.5) is 5.69 Å². The minimum atomic E-state index is -0.816. The first-order valence-corrected chi connectivity index (χ1v) is 10.1. The Kier molecular flexibility index (Phi) is 8.07. The average molecular weight is 452 g/mol. The van der Waals surface area contributed by atoms with E-state index in [2.05, 4.69) is 10.6 Å². The lowest BCUT2D eigenvalue weighted by Gasteiger charge is -2.15. The van der Waals surface area contributed by atoms with Crippen molar-refractivity contribution in [2.24, 2.45) is 0 Å². The molecule has 2 amide bonds. The van der Waals surface area contributed by atoms with Crippen LogP contribution in [0, 0.1) is 0 Å². The van der Waals surface area contributed by atoms with E-state index in [4.69, 9.17) is 18.6 Å². The molecular formula is C24H24N2O7. The molecule has 0 spiro atoms. The van der Waals surface area contributed by atoms with Crippen LogP contribution in [0.5, 0.6) is 11.5 Å². The van der Waals surface area contributed by atoms with Gasteiger partial charge in [-0.2, -0.15) is 0 Å². The molecule has 0 saturated carbocycles. The third kappa shape index (κ3) is 6.36. The Balaban J connectivity index is 1.65. The summed E-state index contributed by atoms with van der Waals surface area (Å²) in [6, 6.07) is 15.5. The molecule has 3 rings (SSSR count). The molecule has 0 aliphatic heterocycles. The maximum Gasteiger partial charge on any atom is 0.340 e. The highest BCUT2D eigenvalue weighted by atomic mass is 16.5. The van der Waals surface area contributed by atoms with E-state index in [-0.39, 0.29) is 22.8 Å². The molecule has 0 aliphatic rings. The summed E-state index contributed by atoms with van der Waals surface area (Å²) in [5.74, 6) is -1.22. The number of esters is 1. The van der Waals surface area contributed by atoms with Gasteiger partial charge in [0.1, 0.15) is 0 Å². The Morgan fingerprint density at radius 3 is 2.33 bits per heavy atom. The van der Waals surface area contributed by atoms with Crippen LogP contribution in [0.2, 0.25) is 0 Å². The number of carbonyl (C=O) groups excluding carboxylic acids is 3. The van der Waals surface area contributed by atoms with Gasteiger partial charge in [-0.15, -0.1) is 0 Å². The van der Waals surface area contributed by atoms with Gasteiger partial charge >= 0.3 is 5.97 Å². The monoisotopic (exact) mass is 452 g/mol. The van der Waals surface area contributed by atoms with Crippen molar-refractivity contribution < 1.29 is 33.0 Å². The maximum atomic E-state index is 12.7. The maximum absolute atomic E-state index is 12.7. The summed E-state index contributed by atoms with van der Waals surface area (Å²) < 4.78 is 20.7. The third-order valence-corrected chi connectivity index (χ3v) is 4.65. The zero-order valence-corrected chi connectivity index (χ0v) is 18.3. The first-order chi connectivity index (χ1) is 16.0. The summed E-state index contributed by atoms with van der Waals surface area (Å²) in [6.07, 6.45) is 2.01. The van der Waals surface area contributed by atoms with Crippen molar-refractivity contribution in [3.8, 4) is 11.5 Å². The number of methoxy groups -OCH3 is 2. The Morgan fingerprint density at radius 1 is 0.939 bits per heavy atom. The van der Waals surface area contributed by atoms with Crippen molar-refractivity contribution in [2.45, 2.75) is 6.42 Å². The fourth-order valence-corrected chi connectivity index (χ4v) is 2.99. The molecule has 0 atom stereocenters. The molecule has 33 heavy (non-hydrogen) atoms. The van der Waals surface area contributed by atoms with Gasteiger partial charge in [-0.25, -0.2) is 4.79 Å². The lowest BCUT2D eigenvalue weighted by atomic mass is 10.1. The second-order valence-electron chi connectivity index (χ2n) is 6.85. The molecule has 9 nitrogen and oxygen atoms in total. The number of rotatable bonds is 10. The second-order valence-corrected chi connectivity index (χ2v) is 6.85. The van der Waals surface area contributed by atoms with Gasteiger partial charge in [0.25, 0.3) is 11.8 Å². The SMILES string of the molecule is COc1cc(NC(=O)c2ccco2)c(C(=O)OCC(=O)NCCc2ccccc2)cc1OC. The summed E-state index contributed by atoms with van der Waals surface area (Å²) in [6.45, 7) is -0.0747. The molecular weight excluding hydrogens is 428 g/mol. The lowest BCUT2D eigenvalue weighted by Crippen LogP contribution is -2.30. The number of furan rings is 1. The molecule has 0 radical (unpaired) electrons. The molecule has 0 unspecified atom stereocenters. The predicted molar refractivity (Wildman–Crippen MR) is 120 cm³/mol. The summed E-state index contributed by atoms with van der Waals surface area (Å²) in [4.78, 5) is 37.2. The number of amides is 2. The van der Waals surface area contributed by atoms with Gasteiger partial charge in [-0.05, 0) is 24.1 Å². The van der Waals surface area contributed by atoms with E-state index in [1.807, 2.05) is 30.3 Å². The van der Waals surface area contributed by atoms with E-state index in [1.54, 1.807) is 6.07 Å². The molecule has 0 bridgehead atoms. The van der Waals surface area contributed by atoms with E-state index in [0.717, 1.165) is 5.56 Å². The summed E-state index contributed by atoms with van der Waals surface area (Å²) in [5, 5.41) is 5.29. The highest BCUT2D eigenvalue weighted by Gasteiger charge is 2.21. The molecule has 1 heterocycles. The minimum absolute atomic E-state index is 0.00959. The van der Waals surface area contributed by atoms with Crippen LogP contribution in [-0.4, -0.2) is 45.2 Å². The number of benzene rings is 2. The van der Waals surface area contributed by atoms with Crippen molar-refractivity contribution in [3.63, 3.8) is 0 Å². The van der Waals surface area contributed by atoms with Crippen molar-refractivity contribution in [1.29, 1.82) is 0 Å². The standard InChI is InChI=1S/C24H24N2O7/c1-30-20-13-17(18(14-21(20)31-2)26-23(28)19-9-6-12-32-19)24(29)33-15-22(27)25-11-10-16-7-4-3-5-8-16/h3-9,12-14H,10-11,15H2,1-2H3,(H,25,27)(H,26,28). The number of hydrogen-bond donors (Lipinski definition) is 2. The fraction of sp³-hybridized carbons (Fsp3) is 0.208. The Labute approximate surface area is 190 Å². The van der Waals surface area contributed by atoms with Crippen molar-refractivity contribution >= 4 is 23.5 Å². The average Bonchev–Trinajstić information content (AvgIpc) is 3.38. The zero-order valence-electron chi connectivity index (χ0n) is 18.3. The van der Waals surface area contributed by atoms with Gasteiger partial charge in [0, 0.05) is 18.7 Å². The first kappa shape index (κ1) is 23.4. The summed E-state index contributed by atoms with van der Waals surface area (Å²) in [7, 11) is 2.84. The largest absolute Gasteiger partial charge is 0.493 e. The van der Waals surface area contributed by atoms with Gasteiger partial charge in [-0.3, -0.25) is 9.59 Å². The van der Waals surface area contributed by atoms with E-state index in [0.29, 0.717) is 18.7 Å². The van der Waals surface area contributed by atoms with Crippen molar-refractivity contribution in [2.75, 3.05) is 32.7 Å². The molecule has 3 aromatic rings. The Hall–Kier alpha value is -4.27. The van der Waals surface area contributed by atoms with Crippen LogP contribution in [0.1, 0.15) is 26.5 Å². The quantitative estimate of drug-likeness (QED) is 0.454. The fourth-order valence-electron chi connectivity index (χ4n) is 2.99.